The molecule has 1 aromatic heterocycles. The molecule has 1 unspecified atom stereocenters. The molecule has 0 saturated carbocycles. The maximum absolute atomic E-state index is 12.1. The first-order valence-electron chi connectivity index (χ1n) is 6.81. The minimum atomic E-state index is -0.170. The van der Waals surface area contributed by atoms with Gasteiger partial charge in [-0.2, -0.15) is 0 Å². The number of benzene rings is 1. The number of thiazole rings is 1. The molecule has 0 aliphatic heterocycles. The summed E-state index contributed by atoms with van der Waals surface area (Å²) in [6.07, 6.45) is 0. The molecule has 2 rings (SSSR count). The van der Waals surface area contributed by atoms with Crippen LogP contribution in [0.25, 0.3) is 0 Å². The second-order valence-corrected chi connectivity index (χ2v) is 5.36. The molecule has 0 radical (unpaired) electrons. The van der Waals surface area contributed by atoms with Gasteiger partial charge >= 0.3 is 0 Å². The lowest BCUT2D eigenvalue weighted by Crippen LogP contribution is -2.14. The zero-order valence-electron chi connectivity index (χ0n) is 12.3. The summed E-state index contributed by atoms with van der Waals surface area (Å²) in [5.41, 5.74) is 1.50. The van der Waals surface area contributed by atoms with Crippen molar-refractivity contribution in [2.45, 2.75) is 19.9 Å². The van der Waals surface area contributed by atoms with Crippen LogP contribution in [0.2, 0.25) is 0 Å². The third kappa shape index (κ3) is 4.03. The second kappa shape index (κ2) is 7.19. The van der Waals surface area contributed by atoms with E-state index in [0.717, 1.165) is 11.4 Å². The number of hydrogen-bond acceptors (Lipinski definition) is 5. The predicted octanol–water partition coefficient (Wildman–Crippen LogP) is 3.07. The number of rotatable bonds is 6. The number of hydrogen-bond donors (Lipinski definition) is 2. The number of amides is 1. The Kier molecular flexibility index (Phi) is 5.30. The molecule has 6 heteroatoms. The molecule has 0 aliphatic rings. The molecule has 1 amide bonds. The molecule has 112 valence electrons. The van der Waals surface area contributed by atoms with E-state index in [-0.39, 0.29) is 11.9 Å². The van der Waals surface area contributed by atoms with E-state index in [4.69, 9.17) is 4.74 Å². The number of carbonyl (C=O) groups is 1. The number of nitrogens with zero attached hydrogens (tertiary/aromatic N) is 1. The molecule has 0 aliphatic carbocycles. The average molecular weight is 305 g/mol. The molecule has 1 aromatic carbocycles. The molecule has 0 saturated heterocycles. The van der Waals surface area contributed by atoms with Gasteiger partial charge in [0.2, 0.25) is 0 Å². The van der Waals surface area contributed by atoms with Gasteiger partial charge in [0.05, 0.1) is 12.3 Å². The molecule has 5 nitrogen and oxygen atoms in total. The van der Waals surface area contributed by atoms with Crippen molar-refractivity contribution in [3.05, 3.63) is 40.9 Å². The zero-order valence-corrected chi connectivity index (χ0v) is 13.2. The van der Waals surface area contributed by atoms with Crippen LogP contribution in [0.15, 0.2) is 29.6 Å². The Balaban J connectivity index is 2.02. The van der Waals surface area contributed by atoms with Crippen LogP contribution < -0.4 is 15.4 Å². The summed E-state index contributed by atoms with van der Waals surface area (Å²) in [5.74, 6) is 0.587. The first kappa shape index (κ1) is 15.5. The minimum Gasteiger partial charge on any atom is -0.494 e. The van der Waals surface area contributed by atoms with Gasteiger partial charge in [0.15, 0.2) is 5.13 Å². The van der Waals surface area contributed by atoms with Crippen molar-refractivity contribution in [3.8, 4) is 5.75 Å². The molecule has 21 heavy (non-hydrogen) atoms. The lowest BCUT2D eigenvalue weighted by Gasteiger charge is -2.06. The number of anilines is 1. The summed E-state index contributed by atoms with van der Waals surface area (Å²) in [7, 11) is 1.88. The molecule has 0 spiro atoms. The van der Waals surface area contributed by atoms with Crippen molar-refractivity contribution in [1.29, 1.82) is 0 Å². The molecule has 1 atom stereocenters. The third-order valence-electron chi connectivity index (χ3n) is 3.05. The fourth-order valence-electron chi connectivity index (χ4n) is 1.73. The summed E-state index contributed by atoms with van der Waals surface area (Å²) in [5, 5.41) is 8.47. The van der Waals surface area contributed by atoms with E-state index in [1.54, 1.807) is 24.3 Å². The average Bonchev–Trinajstić information content (AvgIpc) is 2.96. The van der Waals surface area contributed by atoms with E-state index in [1.165, 1.54) is 11.3 Å². The number of nitrogens with one attached hydrogen (secondary N) is 2. The van der Waals surface area contributed by atoms with Gasteiger partial charge in [0, 0.05) is 17.0 Å². The summed E-state index contributed by atoms with van der Waals surface area (Å²) in [6, 6.07) is 7.22. The Morgan fingerprint density at radius 2 is 2.10 bits per heavy atom. The molecule has 2 aromatic rings. The smallest absolute Gasteiger partial charge is 0.257 e. The van der Waals surface area contributed by atoms with Gasteiger partial charge in [0.25, 0.3) is 5.91 Å². The standard InChI is InChI=1S/C15H19N3O2S/c1-4-20-12-7-5-11(6-8-12)14(19)18-15-17-13(9-21-15)10(2)16-3/h5-10,16H,4H2,1-3H3,(H,17,18,19). The lowest BCUT2D eigenvalue weighted by atomic mass is 10.2. The maximum Gasteiger partial charge on any atom is 0.257 e. The molecule has 0 fully saturated rings. The van der Waals surface area contributed by atoms with Crippen LogP contribution in [0.3, 0.4) is 0 Å². The lowest BCUT2D eigenvalue weighted by molar-refractivity contribution is 0.102. The molecular formula is C15H19N3O2S. The van der Waals surface area contributed by atoms with Gasteiger partial charge in [-0.15, -0.1) is 11.3 Å². The van der Waals surface area contributed by atoms with E-state index >= 15 is 0 Å². The molecule has 1 heterocycles. The first-order valence-corrected chi connectivity index (χ1v) is 7.69. The Bertz CT molecular complexity index is 595. The summed E-state index contributed by atoms with van der Waals surface area (Å²) < 4.78 is 5.35. The summed E-state index contributed by atoms with van der Waals surface area (Å²) in [4.78, 5) is 16.5. The van der Waals surface area contributed by atoms with E-state index in [9.17, 15) is 4.79 Å². The Morgan fingerprint density at radius 3 is 2.71 bits per heavy atom. The minimum absolute atomic E-state index is 0.164. The monoisotopic (exact) mass is 305 g/mol. The topological polar surface area (TPSA) is 63.2 Å². The number of ether oxygens (including phenoxy) is 1. The van der Waals surface area contributed by atoms with Crippen LogP contribution in [-0.4, -0.2) is 24.5 Å². The highest BCUT2D eigenvalue weighted by atomic mass is 32.1. The van der Waals surface area contributed by atoms with Crippen molar-refractivity contribution >= 4 is 22.4 Å². The van der Waals surface area contributed by atoms with Crippen LogP contribution in [-0.2, 0) is 0 Å². The first-order chi connectivity index (χ1) is 10.1. The van der Waals surface area contributed by atoms with Crippen molar-refractivity contribution in [2.75, 3.05) is 19.0 Å². The van der Waals surface area contributed by atoms with Gasteiger partial charge in [-0.3, -0.25) is 10.1 Å². The van der Waals surface area contributed by atoms with Gasteiger partial charge in [-0.1, -0.05) is 0 Å². The molecular weight excluding hydrogens is 286 g/mol. The highest BCUT2D eigenvalue weighted by Crippen LogP contribution is 2.21. The van der Waals surface area contributed by atoms with E-state index in [1.807, 2.05) is 26.3 Å². The Morgan fingerprint density at radius 1 is 1.38 bits per heavy atom. The quantitative estimate of drug-likeness (QED) is 0.861. The van der Waals surface area contributed by atoms with E-state index < -0.39 is 0 Å². The van der Waals surface area contributed by atoms with E-state index in [0.29, 0.717) is 17.3 Å². The summed E-state index contributed by atoms with van der Waals surface area (Å²) >= 11 is 1.42. The highest BCUT2D eigenvalue weighted by molar-refractivity contribution is 7.14. The van der Waals surface area contributed by atoms with Crippen LogP contribution in [0.5, 0.6) is 5.75 Å². The van der Waals surface area contributed by atoms with Crippen molar-refractivity contribution < 1.29 is 9.53 Å². The van der Waals surface area contributed by atoms with Crippen LogP contribution in [0.1, 0.15) is 35.9 Å². The van der Waals surface area contributed by atoms with Gasteiger partial charge in [-0.25, -0.2) is 4.98 Å². The summed E-state index contributed by atoms with van der Waals surface area (Å²) in [6.45, 7) is 4.55. The second-order valence-electron chi connectivity index (χ2n) is 4.50. The highest BCUT2D eigenvalue weighted by Gasteiger charge is 2.11. The van der Waals surface area contributed by atoms with Crippen LogP contribution >= 0.6 is 11.3 Å². The van der Waals surface area contributed by atoms with Gasteiger partial charge in [0.1, 0.15) is 5.75 Å². The SMILES string of the molecule is CCOc1ccc(C(=O)Nc2nc(C(C)NC)cs2)cc1. The number of aromatic nitrogens is 1. The largest absolute Gasteiger partial charge is 0.494 e. The normalized spacial score (nSPS) is 12.0. The zero-order chi connectivity index (χ0) is 15.2. The molecule has 0 bridgehead atoms. The fourth-order valence-corrected chi connectivity index (χ4v) is 2.53. The maximum atomic E-state index is 12.1. The van der Waals surface area contributed by atoms with Crippen molar-refractivity contribution in [1.82, 2.24) is 10.3 Å². The van der Waals surface area contributed by atoms with Crippen LogP contribution in [0.4, 0.5) is 5.13 Å². The van der Waals surface area contributed by atoms with Gasteiger partial charge < -0.3 is 10.1 Å². The third-order valence-corrected chi connectivity index (χ3v) is 3.82. The Labute approximate surface area is 128 Å². The molecule has 2 N–H and O–H groups in total. The van der Waals surface area contributed by atoms with Crippen LogP contribution in [0, 0.1) is 0 Å². The Hall–Kier alpha value is -1.92. The fraction of sp³-hybridized carbons (Fsp3) is 0.333. The number of carbonyl (C=O) groups excluding carboxylic acids is 1. The van der Waals surface area contributed by atoms with E-state index in [2.05, 4.69) is 15.6 Å². The van der Waals surface area contributed by atoms with Gasteiger partial charge in [-0.05, 0) is 45.2 Å². The predicted molar refractivity (Wildman–Crippen MR) is 85.2 cm³/mol. The van der Waals surface area contributed by atoms with Crippen molar-refractivity contribution in [2.24, 2.45) is 0 Å². The van der Waals surface area contributed by atoms with Crippen molar-refractivity contribution in [3.63, 3.8) is 0 Å².